The molecule has 22 heavy (non-hydrogen) atoms. The van der Waals surface area contributed by atoms with Crippen LogP contribution in [-0.2, 0) is 14.3 Å². The van der Waals surface area contributed by atoms with Crippen molar-refractivity contribution in [1.29, 1.82) is 0 Å². The molecule has 0 aromatic heterocycles. The Labute approximate surface area is 131 Å². The summed E-state index contributed by atoms with van der Waals surface area (Å²) in [4.78, 5) is 25.6. The fourth-order valence-corrected chi connectivity index (χ4v) is 1.88. The fraction of sp³-hybridized carbons (Fsp3) is 0.500. The maximum absolute atomic E-state index is 12.2. The largest absolute Gasteiger partial charge is 0.383 e. The lowest BCUT2D eigenvalue weighted by atomic mass is 10.2. The maximum Gasteiger partial charge on any atom is 0.241 e. The highest BCUT2D eigenvalue weighted by Gasteiger charge is 2.20. The molecule has 0 saturated heterocycles. The van der Waals surface area contributed by atoms with Crippen LogP contribution < -0.4 is 10.6 Å². The van der Waals surface area contributed by atoms with E-state index in [1.807, 2.05) is 31.2 Å². The monoisotopic (exact) mass is 307 g/mol. The van der Waals surface area contributed by atoms with Gasteiger partial charge in [0, 0.05) is 19.3 Å². The van der Waals surface area contributed by atoms with Crippen LogP contribution >= 0.6 is 0 Å². The van der Waals surface area contributed by atoms with Gasteiger partial charge in [-0.3, -0.25) is 14.5 Å². The van der Waals surface area contributed by atoms with Gasteiger partial charge in [-0.1, -0.05) is 12.1 Å². The highest BCUT2D eigenvalue weighted by atomic mass is 16.5. The van der Waals surface area contributed by atoms with Crippen molar-refractivity contribution in [2.75, 3.05) is 39.2 Å². The Bertz CT molecular complexity index is 505. The third-order valence-electron chi connectivity index (χ3n) is 3.35. The topological polar surface area (TPSA) is 70.7 Å². The summed E-state index contributed by atoms with van der Waals surface area (Å²) in [6.45, 7) is 4.83. The van der Waals surface area contributed by atoms with Crippen LogP contribution in [0.15, 0.2) is 24.3 Å². The number of anilines is 1. The zero-order chi connectivity index (χ0) is 16.5. The van der Waals surface area contributed by atoms with E-state index in [9.17, 15) is 9.59 Å². The summed E-state index contributed by atoms with van der Waals surface area (Å²) in [7, 11) is 3.33. The van der Waals surface area contributed by atoms with Gasteiger partial charge in [0.15, 0.2) is 0 Å². The van der Waals surface area contributed by atoms with E-state index in [0.717, 1.165) is 11.3 Å². The van der Waals surface area contributed by atoms with Crippen LogP contribution in [-0.4, -0.2) is 56.6 Å². The molecule has 1 atom stereocenters. The van der Waals surface area contributed by atoms with Crippen molar-refractivity contribution >= 4 is 17.5 Å². The molecule has 2 N–H and O–H groups in total. The van der Waals surface area contributed by atoms with E-state index in [1.54, 1.807) is 26.0 Å². The smallest absolute Gasteiger partial charge is 0.241 e. The minimum atomic E-state index is -0.409. The van der Waals surface area contributed by atoms with Crippen molar-refractivity contribution < 1.29 is 14.3 Å². The SMILES string of the molecule is COCCNC(=O)CN(C)C(C)C(=O)Nc1cccc(C)c1. The van der Waals surface area contributed by atoms with Crippen molar-refractivity contribution in [3.05, 3.63) is 29.8 Å². The number of hydrogen-bond acceptors (Lipinski definition) is 4. The maximum atomic E-state index is 12.2. The van der Waals surface area contributed by atoms with E-state index in [-0.39, 0.29) is 18.4 Å². The first-order chi connectivity index (χ1) is 10.4. The van der Waals surface area contributed by atoms with Gasteiger partial charge in [0.05, 0.1) is 19.2 Å². The van der Waals surface area contributed by atoms with Crippen LogP contribution in [0, 0.1) is 6.92 Å². The number of methoxy groups -OCH3 is 1. The third-order valence-corrected chi connectivity index (χ3v) is 3.35. The number of hydrogen-bond donors (Lipinski definition) is 2. The van der Waals surface area contributed by atoms with Crippen molar-refractivity contribution in [3.8, 4) is 0 Å². The van der Waals surface area contributed by atoms with Gasteiger partial charge in [0.2, 0.25) is 11.8 Å². The van der Waals surface area contributed by atoms with Crippen LogP contribution in [0.3, 0.4) is 0 Å². The zero-order valence-electron chi connectivity index (χ0n) is 13.7. The Morgan fingerprint density at radius 3 is 2.73 bits per heavy atom. The van der Waals surface area contributed by atoms with Gasteiger partial charge in [-0.25, -0.2) is 0 Å². The summed E-state index contributed by atoms with van der Waals surface area (Å²) in [6, 6.07) is 7.20. The molecule has 1 aromatic rings. The highest BCUT2D eigenvalue weighted by molar-refractivity contribution is 5.95. The molecule has 1 unspecified atom stereocenters. The number of nitrogens with zero attached hydrogens (tertiary/aromatic N) is 1. The number of benzene rings is 1. The molecule has 2 amide bonds. The van der Waals surface area contributed by atoms with Crippen LogP contribution in [0.25, 0.3) is 0 Å². The lowest BCUT2D eigenvalue weighted by molar-refractivity contribution is -0.125. The molecule has 6 nitrogen and oxygen atoms in total. The van der Waals surface area contributed by atoms with Gasteiger partial charge in [-0.05, 0) is 38.6 Å². The molecular formula is C16H25N3O3. The number of carbonyl (C=O) groups excluding carboxylic acids is 2. The molecule has 1 rings (SSSR count). The molecule has 6 heteroatoms. The molecule has 0 heterocycles. The molecule has 0 aliphatic rings. The van der Waals surface area contributed by atoms with E-state index < -0.39 is 6.04 Å². The second-order valence-corrected chi connectivity index (χ2v) is 5.29. The molecule has 1 aromatic carbocycles. The number of aryl methyl sites for hydroxylation is 1. The first kappa shape index (κ1) is 18.1. The standard InChI is InChI=1S/C16H25N3O3/c1-12-6-5-7-14(10-12)18-16(21)13(2)19(3)11-15(20)17-8-9-22-4/h5-7,10,13H,8-9,11H2,1-4H3,(H,17,20)(H,18,21). The van der Waals surface area contributed by atoms with Gasteiger partial charge < -0.3 is 15.4 Å². The normalized spacial score (nSPS) is 12.0. The Hall–Kier alpha value is -1.92. The van der Waals surface area contributed by atoms with Crippen LogP contribution in [0.2, 0.25) is 0 Å². The quantitative estimate of drug-likeness (QED) is 0.703. The van der Waals surface area contributed by atoms with Gasteiger partial charge in [-0.2, -0.15) is 0 Å². The van der Waals surface area contributed by atoms with Crippen molar-refractivity contribution in [3.63, 3.8) is 0 Å². The number of nitrogens with one attached hydrogen (secondary N) is 2. The Balaban J connectivity index is 2.46. The summed E-state index contributed by atoms with van der Waals surface area (Å²) in [5, 5.41) is 5.58. The molecule has 0 fully saturated rings. The molecule has 0 radical (unpaired) electrons. The average Bonchev–Trinajstić information content (AvgIpc) is 2.46. The summed E-state index contributed by atoms with van der Waals surface area (Å²) < 4.78 is 4.87. The number of rotatable bonds is 8. The Kier molecular flexibility index (Phi) is 7.56. The minimum absolute atomic E-state index is 0.130. The van der Waals surface area contributed by atoms with E-state index in [1.165, 1.54) is 0 Å². The van der Waals surface area contributed by atoms with Crippen LogP contribution in [0.1, 0.15) is 12.5 Å². The minimum Gasteiger partial charge on any atom is -0.383 e. The Morgan fingerprint density at radius 1 is 1.36 bits per heavy atom. The number of ether oxygens (including phenoxy) is 1. The zero-order valence-corrected chi connectivity index (χ0v) is 13.7. The van der Waals surface area contributed by atoms with Gasteiger partial charge in [0.1, 0.15) is 0 Å². The second kappa shape index (κ2) is 9.17. The molecule has 0 spiro atoms. The van der Waals surface area contributed by atoms with Crippen LogP contribution in [0.5, 0.6) is 0 Å². The lowest BCUT2D eigenvalue weighted by Crippen LogP contribution is -2.45. The third kappa shape index (κ3) is 6.24. The first-order valence-corrected chi connectivity index (χ1v) is 7.27. The van der Waals surface area contributed by atoms with Gasteiger partial charge in [0.25, 0.3) is 0 Å². The van der Waals surface area contributed by atoms with Crippen molar-refractivity contribution in [2.45, 2.75) is 19.9 Å². The van der Waals surface area contributed by atoms with E-state index in [0.29, 0.717) is 13.2 Å². The van der Waals surface area contributed by atoms with Crippen LogP contribution in [0.4, 0.5) is 5.69 Å². The predicted octanol–water partition coefficient (Wildman–Crippen LogP) is 1.02. The second-order valence-electron chi connectivity index (χ2n) is 5.29. The molecule has 122 valence electrons. The average molecular weight is 307 g/mol. The lowest BCUT2D eigenvalue weighted by Gasteiger charge is -2.23. The molecule has 0 aliphatic heterocycles. The van der Waals surface area contributed by atoms with Gasteiger partial charge >= 0.3 is 0 Å². The first-order valence-electron chi connectivity index (χ1n) is 7.27. The number of carbonyl (C=O) groups is 2. The van der Waals surface area contributed by atoms with E-state index in [2.05, 4.69) is 10.6 Å². The van der Waals surface area contributed by atoms with E-state index in [4.69, 9.17) is 4.74 Å². The Morgan fingerprint density at radius 2 is 2.09 bits per heavy atom. The van der Waals surface area contributed by atoms with Crippen molar-refractivity contribution in [1.82, 2.24) is 10.2 Å². The van der Waals surface area contributed by atoms with E-state index >= 15 is 0 Å². The molecular weight excluding hydrogens is 282 g/mol. The number of likely N-dealkylation sites (N-methyl/N-ethyl adjacent to an activating group) is 1. The molecule has 0 bridgehead atoms. The summed E-state index contributed by atoms with van der Waals surface area (Å²) >= 11 is 0. The highest BCUT2D eigenvalue weighted by Crippen LogP contribution is 2.10. The summed E-state index contributed by atoms with van der Waals surface area (Å²) in [6.07, 6.45) is 0. The fourth-order valence-electron chi connectivity index (χ4n) is 1.88. The predicted molar refractivity (Wildman–Crippen MR) is 86.8 cm³/mol. The van der Waals surface area contributed by atoms with Gasteiger partial charge in [-0.15, -0.1) is 0 Å². The number of amides is 2. The molecule has 0 aliphatic carbocycles. The molecule has 0 saturated carbocycles. The summed E-state index contributed by atoms with van der Waals surface area (Å²) in [5.74, 6) is -0.271. The van der Waals surface area contributed by atoms with Crippen molar-refractivity contribution in [2.24, 2.45) is 0 Å². The summed E-state index contributed by atoms with van der Waals surface area (Å²) in [5.41, 5.74) is 1.84.